The minimum atomic E-state index is -0.725. The lowest BCUT2D eigenvalue weighted by molar-refractivity contribution is 0.0985. The lowest BCUT2D eigenvalue weighted by Crippen LogP contribution is -2.29. The first-order valence-corrected chi connectivity index (χ1v) is 7.82. The van der Waals surface area contributed by atoms with E-state index >= 15 is 0 Å². The van der Waals surface area contributed by atoms with Crippen LogP contribution in [0.5, 0.6) is 5.88 Å². The van der Waals surface area contributed by atoms with Crippen molar-refractivity contribution in [3.63, 3.8) is 0 Å². The lowest BCUT2D eigenvalue weighted by Gasteiger charge is -2.29. The van der Waals surface area contributed by atoms with Crippen LogP contribution in [0.1, 0.15) is 36.3 Å². The summed E-state index contributed by atoms with van der Waals surface area (Å²) in [6, 6.07) is 4.78. The first-order chi connectivity index (χ1) is 11.4. The molecule has 6 heteroatoms. The predicted molar refractivity (Wildman–Crippen MR) is 85.7 cm³/mol. The van der Waals surface area contributed by atoms with E-state index in [-0.39, 0.29) is 23.3 Å². The van der Waals surface area contributed by atoms with Gasteiger partial charge in [0.05, 0.1) is 0 Å². The molecule has 0 saturated carbocycles. The minimum Gasteiger partial charge on any atom is -0.474 e. The highest BCUT2D eigenvalue weighted by Crippen LogP contribution is 2.37. The van der Waals surface area contributed by atoms with Crippen LogP contribution in [0.4, 0.5) is 8.78 Å². The maximum atomic E-state index is 14.2. The average Bonchev–Trinajstić information content (AvgIpc) is 2.53. The van der Waals surface area contributed by atoms with E-state index in [0.29, 0.717) is 23.4 Å². The number of hydrogen-bond donors (Lipinski definition) is 1. The van der Waals surface area contributed by atoms with Gasteiger partial charge in [-0.2, -0.15) is 0 Å². The first kappa shape index (κ1) is 16.4. The molecule has 4 nitrogen and oxygen atoms in total. The molecule has 2 heterocycles. The molecule has 2 aromatic rings. The van der Waals surface area contributed by atoms with Crippen molar-refractivity contribution >= 4 is 5.91 Å². The number of carbonyl (C=O) groups excluding carboxylic acids is 1. The van der Waals surface area contributed by atoms with Gasteiger partial charge in [0.2, 0.25) is 5.88 Å². The van der Waals surface area contributed by atoms with Gasteiger partial charge in [-0.3, -0.25) is 4.79 Å². The summed E-state index contributed by atoms with van der Waals surface area (Å²) >= 11 is 0. The van der Waals surface area contributed by atoms with Crippen molar-refractivity contribution in [3.8, 4) is 17.0 Å². The quantitative estimate of drug-likeness (QED) is 0.936. The van der Waals surface area contributed by atoms with Crippen LogP contribution in [0.3, 0.4) is 0 Å². The Labute approximate surface area is 138 Å². The van der Waals surface area contributed by atoms with Crippen molar-refractivity contribution in [1.29, 1.82) is 0 Å². The summed E-state index contributed by atoms with van der Waals surface area (Å²) in [5.74, 6) is -1.51. The smallest absolute Gasteiger partial charge is 0.267 e. The molecule has 0 spiro atoms. The maximum absolute atomic E-state index is 14.2. The van der Waals surface area contributed by atoms with Gasteiger partial charge >= 0.3 is 0 Å². The number of rotatable bonds is 3. The molecule has 0 fully saturated rings. The molecule has 0 saturated heterocycles. The Hall–Kier alpha value is -2.50. The Bertz CT molecular complexity index is 806. The summed E-state index contributed by atoms with van der Waals surface area (Å²) < 4.78 is 33.3. The number of halogens is 2. The van der Waals surface area contributed by atoms with Gasteiger partial charge in [-0.25, -0.2) is 13.8 Å². The summed E-state index contributed by atoms with van der Waals surface area (Å²) in [5, 5.41) is 0. The fraction of sp³-hybridized carbons (Fsp3) is 0.333. The number of primary amides is 1. The summed E-state index contributed by atoms with van der Waals surface area (Å²) in [6.45, 7) is 4.07. The molecule has 24 heavy (non-hydrogen) atoms. The Morgan fingerprint density at radius 3 is 2.67 bits per heavy atom. The molecule has 0 radical (unpaired) electrons. The molecule has 1 aromatic carbocycles. The molecular weight excluding hydrogens is 314 g/mol. The van der Waals surface area contributed by atoms with E-state index in [9.17, 15) is 13.6 Å². The second kappa shape index (κ2) is 6.19. The molecule has 1 aliphatic heterocycles. The van der Waals surface area contributed by atoms with Gasteiger partial charge < -0.3 is 10.5 Å². The summed E-state index contributed by atoms with van der Waals surface area (Å²) in [5.41, 5.74) is 6.71. The second-order valence-electron chi connectivity index (χ2n) is 6.27. The number of ether oxygens (including phenoxy) is 1. The van der Waals surface area contributed by atoms with E-state index in [0.717, 1.165) is 12.5 Å². The molecule has 1 aliphatic rings. The molecule has 0 bridgehead atoms. The molecule has 0 unspecified atom stereocenters. The van der Waals surface area contributed by atoms with E-state index in [2.05, 4.69) is 4.98 Å². The molecule has 1 aromatic heterocycles. The van der Waals surface area contributed by atoms with E-state index in [1.807, 2.05) is 13.8 Å². The minimum absolute atomic E-state index is 0.00289. The van der Waals surface area contributed by atoms with E-state index < -0.39 is 17.5 Å². The van der Waals surface area contributed by atoms with Crippen molar-refractivity contribution in [1.82, 2.24) is 4.98 Å². The highest BCUT2D eigenvalue weighted by atomic mass is 19.1. The third-order valence-corrected chi connectivity index (χ3v) is 4.25. The standard InChI is InChI=1S/C18H18F2N2O2/c1-9(2)16-6-5-12-13(11-4-3-10(19)7-14(11)20)8-15(17(21)23)22-18(12)24-16/h3-4,7-9,16H,5-6H2,1-2H3,(H2,21,23)/t16-/m1/s1. The van der Waals surface area contributed by atoms with Crippen LogP contribution in [-0.4, -0.2) is 17.0 Å². The molecular formula is C18H18F2N2O2. The fourth-order valence-corrected chi connectivity index (χ4v) is 2.92. The Kier molecular flexibility index (Phi) is 4.22. The molecule has 2 N–H and O–H groups in total. The van der Waals surface area contributed by atoms with Crippen molar-refractivity contribution < 1.29 is 18.3 Å². The van der Waals surface area contributed by atoms with Gasteiger partial charge in [-0.15, -0.1) is 0 Å². The highest BCUT2D eigenvalue weighted by molar-refractivity contribution is 5.93. The van der Waals surface area contributed by atoms with Crippen molar-refractivity contribution in [3.05, 3.63) is 47.2 Å². The number of nitrogens with two attached hydrogens (primary N) is 1. The number of benzene rings is 1. The summed E-state index contributed by atoms with van der Waals surface area (Å²) in [7, 11) is 0. The topological polar surface area (TPSA) is 65.2 Å². The number of hydrogen-bond acceptors (Lipinski definition) is 3. The number of amides is 1. The lowest BCUT2D eigenvalue weighted by atomic mass is 9.91. The monoisotopic (exact) mass is 332 g/mol. The Balaban J connectivity index is 2.17. The zero-order valence-corrected chi connectivity index (χ0v) is 13.5. The van der Waals surface area contributed by atoms with E-state index in [1.165, 1.54) is 18.2 Å². The number of fused-ring (bicyclic) bond motifs is 1. The van der Waals surface area contributed by atoms with Crippen molar-refractivity contribution in [2.45, 2.75) is 32.8 Å². The third-order valence-electron chi connectivity index (χ3n) is 4.25. The number of pyridine rings is 1. The Morgan fingerprint density at radius 2 is 2.04 bits per heavy atom. The number of nitrogens with zero attached hydrogens (tertiary/aromatic N) is 1. The SMILES string of the molecule is CC(C)[C@H]1CCc2c(-c3ccc(F)cc3F)cc(C(N)=O)nc2O1. The fourth-order valence-electron chi connectivity index (χ4n) is 2.92. The molecule has 126 valence electrons. The summed E-state index contributed by atoms with van der Waals surface area (Å²) in [6.07, 6.45) is 1.37. The maximum Gasteiger partial charge on any atom is 0.267 e. The molecule has 3 rings (SSSR count). The average molecular weight is 332 g/mol. The van der Waals surface area contributed by atoms with Gasteiger partial charge in [0, 0.05) is 17.2 Å². The van der Waals surface area contributed by atoms with E-state index in [4.69, 9.17) is 10.5 Å². The molecule has 1 atom stereocenters. The van der Waals surface area contributed by atoms with Crippen LogP contribution in [0.15, 0.2) is 24.3 Å². The van der Waals surface area contributed by atoms with Crippen LogP contribution in [0.2, 0.25) is 0 Å². The predicted octanol–water partition coefficient (Wildman–Crippen LogP) is 3.48. The van der Waals surface area contributed by atoms with E-state index in [1.54, 1.807) is 0 Å². The third kappa shape index (κ3) is 2.96. The Morgan fingerprint density at radius 1 is 1.29 bits per heavy atom. The first-order valence-electron chi connectivity index (χ1n) is 7.82. The zero-order valence-electron chi connectivity index (χ0n) is 13.5. The summed E-state index contributed by atoms with van der Waals surface area (Å²) in [4.78, 5) is 15.8. The van der Waals surface area contributed by atoms with Crippen LogP contribution in [-0.2, 0) is 6.42 Å². The van der Waals surface area contributed by atoms with Gasteiger partial charge in [0.15, 0.2) is 0 Å². The van der Waals surface area contributed by atoms with Crippen molar-refractivity contribution in [2.75, 3.05) is 0 Å². The van der Waals surface area contributed by atoms with Gasteiger partial charge in [0.1, 0.15) is 23.4 Å². The molecule has 1 amide bonds. The normalized spacial score (nSPS) is 16.6. The highest BCUT2D eigenvalue weighted by Gasteiger charge is 2.28. The number of carbonyl (C=O) groups is 1. The van der Waals surface area contributed by atoms with Crippen LogP contribution in [0.25, 0.3) is 11.1 Å². The second-order valence-corrected chi connectivity index (χ2v) is 6.27. The molecule has 0 aliphatic carbocycles. The largest absolute Gasteiger partial charge is 0.474 e. The zero-order chi connectivity index (χ0) is 17.4. The van der Waals surface area contributed by atoms with Gasteiger partial charge in [-0.05, 0) is 42.5 Å². The van der Waals surface area contributed by atoms with Crippen LogP contribution >= 0.6 is 0 Å². The van der Waals surface area contributed by atoms with Gasteiger partial charge in [0.25, 0.3) is 5.91 Å². The van der Waals surface area contributed by atoms with Gasteiger partial charge in [-0.1, -0.05) is 13.8 Å². The van der Waals surface area contributed by atoms with Crippen LogP contribution < -0.4 is 10.5 Å². The number of aromatic nitrogens is 1. The van der Waals surface area contributed by atoms with Crippen molar-refractivity contribution in [2.24, 2.45) is 11.7 Å². The van der Waals surface area contributed by atoms with Crippen LogP contribution in [0, 0.1) is 17.6 Å².